The zero-order chi connectivity index (χ0) is 26.2. The normalized spacial score (nSPS) is 11.3. The Morgan fingerprint density at radius 1 is 0.757 bits per heavy atom. The van der Waals surface area contributed by atoms with Crippen LogP contribution in [0.4, 0.5) is 11.4 Å². The molecule has 1 unspecified atom stereocenters. The molecule has 8 heteroatoms. The summed E-state index contributed by atoms with van der Waals surface area (Å²) in [7, 11) is 3.00. The molecule has 1 atom stereocenters. The molecule has 0 bridgehead atoms. The predicted octanol–water partition coefficient (Wildman–Crippen LogP) is 7.08. The van der Waals surface area contributed by atoms with Crippen molar-refractivity contribution < 1.29 is 19.1 Å². The summed E-state index contributed by atoms with van der Waals surface area (Å²) in [4.78, 5) is 27.3. The number of nitrogens with one attached hydrogen (secondary N) is 2. The van der Waals surface area contributed by atoms with E-state index in [2.05, 4.69) is 10.6 Å². The van der Waals surface area contributed by atoms with Crippen LogP contribution in [0.5, 0.6) is 11.5 Å². The molecule has 0 fully saturated rings. The Hall–Kier alpha value is -3.94. The van der Waals surface area contributed by atoms with E-state index in [1.807, 2.05) is 48.5 Å². The standard InChI is InChI=1S/C29H25ClN2O4S/c1-35-24-12-7-13-25(36-2)26(24)28(33)32-22-10-6-11-23(18-22)37-27(19-8-4-3-5-9-19)29(34)31-21-16-14-20(30)15-17-21/h3-18,27H,1-2H3,(H,31,34)(H,32,33). The lowest BCUT2D eigenvalue weighted by molar-refractivity contribution is -0.115. The maximum Gasteiger partial charge on any atom is 0.263 e. The molecule has 37 heavy (non-hydrogen) atoms. The number of amides is 2. The minimum absolute atomic E-state index is 0.174. The summed E-state index contributed by atoms with van der Waals surface area (Å²) in [5.74, 6) is 0.277. The maximum atomic E-state index is 13.3. The van der Waals surface area contributed by atoms with Crippen LogP contribution in [0.3, 0.4) is 0 Å². The molecule has 4 aromatic rings. The number of benzene rings is 4. The van der Waals surface area contributed by atoms with E-state index in [1.54, 1.807) is 48.5 Å². The van der Waals surface area contributed by atoms with Crippen LogP contribution in [0.15, 0.2) is 102 Å². The highest BCUT2D eigenvalue weighted by Gasteiger charge is 2.23. The van der Waals surface area contributed by atoms with Crippen molar-refractivity contribution in [2.75, 3.05) is 24.9 Å². The molecule has 0 aliphatic rings. The van der Waals surface area contributed by atoms with Gasteiger partial charge in [-0.05, 0) is 60.2 Å². The highest BCUT2D eigenvalue weighted by molar-refractivity contribution is 8.00. The minimum Gasteiger partial charge on any atom is -0.496 e. The van der Waals surface area contributed by atoms with Gasteiger partial charge in [-0.2, -0.15) is 0 Å². The van der Waals surface area contributed by atoms with E-state index >= 15 is 0 Å². The summed E-state index contributed by atoms with van der Waals surface area (Å²) < 4.78 is 10.7. The second kappa shape index (κ2) is 12.3. The Morgan fingerprint density at radius 2 is 1.41 bits per heavy atom. The van der Waals surface area contributed by atoms with E-state index in [0.717, 1.165) is 10.5 Å². The number of ether oxygens (including phenoxy) is 2. The highest BCUT2D eigenvalue weighted by Crippen LogP contribution is 2.37. The van der Waals surface area contributed by atoms with Gasteiger partial charge in [0.2, 0.25) is 5.91 Å². The third kappa shape index (κ3) is 6.64. The molecule has 6 nitrogen and oxygen atoms in total. The van der Waals surface area contributed by atoms with Gasteiger partial charge in [-0.1, -0.05) is 54.1 Å². The third-order valence-corrected chi connectivity index (χ3v) is 6.95. The van der Waals surface area contributed by atoms with E-state index < -0.39 is 5.25 Å². The van der Waals surface area contributed by atoms with Gasteiger partial charge in [-0.3, -0.25) is 9.59 Å². The molecule has 0 radical (unpaired) electrons. The van der Waals surface area contributed by atoms with Gasteiger partial charge in [0, 0.05) is 21.3 Å². The lowest BCUT2D eigenvalue weighted by Gasteiger charge is -2.18. The van der Waals surface area contributed by atoms with Crippen molar-refractivity contribution in [3.05, 3.63) is 113 Å². The van der Waals surface area contributed by atoms with Crippen LogP contribution < -0.4 is 20.1 Å². The van der Waals surface area contributed by atoms with Gasteiger partial charge in [-0.15, -0.1) is 11.8 Å². The molecule has 4 aromatic carbocycles. The van der Waals surface area contributed by atoms with Crippen molar-refractivity contribution >= 4 is 46.6 Å². The summed E-state index contributed by atoms with van der Waals surface area (Å²) in [6.45, 7) is 0. The second-order valence-electron chi connectivity index (χ2n) is 7.92. The van der Waals surface area contributed by atoms with E-state index in [4.69, 9.17) is 21.1 Å². The molecule has 0 saturated heterocycles. The zero-order valence-corrected chi connectivity index (χ0v) is 21.8. The first kappa shape index (κ1) is 26.1. The Bertz CT molecular complexity index is 1360. The van der Waals surface area contributed by atoms with Crippen LogP contribution in [-0.2, 0) is 4.79 Å². The number of carbonyl (C=O) groups is 2. The molecule has 0 saturated carbocycles. The van der Waals surface area contributed by atoms with Crippen LogP contribution in [0.1, 0.15) is 21.2 Å². The van der Waals surface area contributed by atoms with Crippen LogP contribution in [0, 0.1) is 0 Å². The van der Waals surface area contributed by atoms with Gasteiger partial charge < -0.3 is 20.1 Å². The van der Waals surface area contributed by atoms with E-state index in [9.17, 15) is 9.59 Å². The summed E-state index contributed by atoms with van der Waals surface area (Å²) in [6, 6.07) is 29.0. The molecule has 0 aromatic heterocycles. The molecule has 2 amide bonds. The van der Waals surface area contributed by atoms with Gasteiger partial charge in [0.1, 0.15) is 22.3 Å². The molecule has 188 valence electrons. The first-order valence-electron chi connectivity index (χ1n) is 11.4. The fourth-order valence-corrected chi connectivity index (χ4v) is 4.90. The topological polar surface area (TPSA) is 76.7 Å². The Labute approximate surface area is 225 Å². The van der Waals surface area contributed by atoms with Crippen LogP contribution in [0.25, 0.3) is 0 Å². The summed E-state index contributed by atoms with van der Waals surface area (Å²) in [5.41, 5.74) is 2.39. The highest BCUT2D eigenvalue weighted by atomic mass is 35.5. The van der Waals surface area contributed by atoms with Crippen LogP contribution in [0.2, 0.25) is 5.02 Å². The number of rotatable bonds is 9. The molecule has 0 aliphatic carbocycles. The average molecular weight is 533 g/mol. The third-order valence-electron chi connectivity index (χ3n) is 5.45. The van der Waals surface area contributed by atoms with Crippen molar-refractivity contribution in [2.45, 2.75) is 10.1 Å². The Kier molecular flexibility index (Phi) is 8.72. The predicted molar refractivity (Wildman–Crippen MR) is 149 cm³/mol. The van der Waals surface area contributed by atoms with E-state index in [-0.39, 0.29) is 11.8 Å². The minimum atomic E-state index is -0.530. The van der Waals surface area contributed by atoms with Crippen molar-refractivity contribution in [1.82, 2.24) is 0 Å². The van der Waals surface area contributed by atoms with Crippen LogP contribution in [-0.4, -0.2) is 26.0 Å². The molecule has 0 aliphatic heterocycles. The van der Waals surface area contributed by atoms with Gasteiger partial charge in [-0.25, -0.2) is 0 Å². The number of anilines is 2. The molecule has 0 spiro atoms. The first-order chi connectivity index (χ1) is 18.0. The summed E-state index contributed by atoms with van der Waals surface area (Å²) in [6.07, 6.45) is 0. The molecular weight excluding hydrogens is 508 g/mol. The number of halogens is 1. The fourth-order valence-electron chi connectivity index (χ4n) is 3.69. The smallest absolute Gasteiger partial charge is 0.263 e. The number of carbonyl (C=O) groups excluding carboxylic acids is 2. The van der Waals surface area contributed by atoms with Crippen molar-refractivity contribution in [2.24, 2.45) is 0 Å². The lowest BCUT2D eigenvalue weighted by Crippen LogP contribution is -2.19. The van der Waals surface area contributed by atoms with Crippen molar-refractivity contribution in [3.8, 4) is 11.5 Å². The quantitative estimate of drug-likeness (QED) is 0.225. The molecular formula is C29H25ClN2O4S. The molecule has 2 N–H and O–H groups in total. The Morgan fingerprint density at radius 3 is 2.05 bits per heavy atom. The fraction of sp³-hybridized carbons (Fsp3) is 0.103. The monoisotopic (exact) mass is 532 g/mol. The number of hydrogen-bond acceptors (Lipinski definition) is 5. The number of methoxy groups -OCH3 is 2. The van der Waals surface area contributed by atoms with Crippen molar-refractivity contribution in [1.29, 1.82) is 0 Å². The van der Waals surface area contributed by atoms with Gasteiger partial charge in [0.25, 0.3) is 5.91 Å². The summed E-state index contributed by atoms with van der Waals surface area (Å²) in [5, 5.41) is 5.94. The lowest BCUT2D eigenvalue weighted by atomic mass is 10.1. The van der Waals surface area contributed by atoms with Gasteiger partial charge in [0.15, 0.2) is 0 Å². The number of thioether (sulfide) groups is 1. The Balaban J connectivity index is 1.56. The first-order valence-corrected chi connectivity index (χ1v) is 12.6. The number of hydrogen-bond donors (Lipinski definition) is 2. The second-order valence-corrected chi connectivity index (χ2v) is 9.54. The van der Waals surface area contributed by atoms with E-state index in [1.165, 1.54) is 26.0 Å². The maximum absolute atomic E-state index is 13.3. The zero-order valence-electron chi connectivity index (χ0n) is 20.2. The SMILES string of the molecule is COc1cccc(OC)c1C(=O)Nc1cccc(SC(C(=O)Nc2ccc(Cl)cc2)c2ccccc2)c1. The van der Waals surface area contributed by atoms with Crippen molar-refractivity contribution in [3.63, 3.8) is 0 Å². The largest absolute Gasteiger partial charge is 0.496 e. The summed E-state index contributed by atoms with van der Waals surface area (Å²) >= 11 is 7.36. The van der Waals surface area contributed by atoms with Gasteiger partial charge >= 0.3 is 0 Å². The van der Waals surface area contributed by atoms with Crippen LogP contribution >= 0.6 is 23.4 Å². The molecule has 0 heterocycles. The molecule has 4 rings (SSSR count). The van der Waals surface area contributed by atoms with E-state index in [0.29, 0.717) is 33.5 Å². The average Bonchev–Trinajstić information content (AvgIpc) is 2.93. The van der Waals surface area contributed by atoms with Gasteiger partial charge in [0.05, 0.1) is 14.2 Å².